The highest BCUT2D eigenvalue weighted by Crippen LogP contribution is 2.24. The van der Waals surface area contributed by atoms with Crippen molar-refractivity contribution >= 4 is 12.6 Å². The quantitative estimate of drug-likeness (QED) is 0.476. The second-order valence-corrected chi connectivity index (χ2v) is 3.15. The minimum Gasteiger partial charge on any atom is -0.148 e. The second-order valence-electron chi connectivity index (χ2n) is 2.58. The van der Waals surface area contributed by atoms with Gasteiger partial charge >= 0.3 is 0 Å². The highest BCUT2D eigenvalue weighted by molar-refractivity contribution is 7.84. The van der Waals surface area contributed by atoms with Crippen molar-refractivity contribution in [1.82, 2.24) is 0 Å². The first-order valence-corrected chi connectivity index (χ1v) is 3.62. The molecule has 0 aromatic carbocycles. The summed E-state index contributed by atoms with van der Waals surface area (Å²) in [6.45, 7) is 2.29. The van der Waals surface area contributed by atoms with Crippen molar-refractivity contribution in [2.45, 2.75) is 26.2 Å². The molecule has 0 unspecified atom stereocenters. The standard InChI is InChI=1S/C7H12S/c1-6-2-4-7(8)5-3-6/h4,6,8H,2-3,5H2,1H3/t6-/m0/s1. The average Bonchev–Trinajstić information content (AvgIpc) is 1.77. The minimum absolute atomic E-state index is 0.894. The summed E-state index contributed by atoms with van der Waals surface area (Å²) < 4.78 is 0. The van der Waals surface area contributed by atoms with Crippen molar-refractivity contribution < 1.29 is 0 Å². The molecule has 0 radical (unpaired) electrons. The van der Waals surface area contributed by atoms with Crippen LogP contribution in [0, 0.1) is 5.92 Å². The molecular weight excluding hydrogens is 116 g/mol. The summed E-state index contributed by atoms with van der Waals surface area (Å²) in [6, 6.07) is 0. The molecule has 0 aromatic rings. The fraction of sp³-hybridized carbons (Fsp3) is 0.714. The van der Waals surface area contributed by atoms with Gasteiger partial charge in [-0.15, -0.1) is 12.6 Å². The maximum absolute atomic E-state index is 4.26. The summed E-state index contributed by atoms with van der Waals surface area (Å²) in [4.78, 5) is 1.28. The zero-order chi connectivity index (χ0) is 5.98. The third-order valence-corrected chi connectivity index (χ3v) is 2.06. The normalized spacial score (nSPS) is 29.8. The summed E-state index contributed by atoms with van der Waals surface area (Å²) in [5.74, 6) is 0.894. The van der Waals surface area contributed by atoms with Crippen LogP contribution in [0.1, 0.15) is 26.2 Å². The molecule has 1 heteroatoms. The Kier molecular flexibility index (Phi) is 2.01. The first kappa shape index (κ1) is 6.21. The van der Waals surface area contributed by atoms with E-state index in [0.29, 0.717) is 0 Å². The monoisotopic (exact) mass is 128 g/mol. The second kappa shape index (κ2) is 2.58. The molecule has 8 heavy (non-hydrogen) atoms. The smallest absolute Gasteiger partial charge is 0.0222 e. The lowest BCUT2D eigenvalue weighted by Crippen LogP contribution is -1.97. The van der Waals surface area contributed by atoms with Gasteiger partial charge in [0.05, 0.1) is 0 Å². The van der Waals surface area contributed by atoms with E-state index in [1.165, 1.54) is 24.2 Å². The van der Waals surface area contributed by atoms with Crippen LogP contribution in [0.25, 0.3) is 0 Å². The van der Waals surface area contributed by atoms with Gasteiger partial charge in [0.25, 0.3) is 0 Å². The van der Waals surface area contributed by atoms with Crippen LogP contribution in [-0.4, -0.2) is 0 Å². The van der Waals surface area contributed by atoms with Gasteiger partial charge in [-0.3, -0.25) is 0 Å². The molecule has 0 fully saturated rings. The molecule has 0 spiro atoms. The maximum Gasteiger partial charge on any atom is -0.0222 e. The molecular formula is C7H12S. The van der Waals surface area contributed by atoms with Crippen LogP contribution in [0.3, 0.4) is 0 Å². The molecule has 0 aliphatic heterocycles. The summed E-state index contributed by atoms with van der Waals surface area (Å²) in [5.41, 5.74) is 0. The molecule has 0 saturated carbocycles. The van der Waals surface area contributed by atoms with Crippen molar-refractivity contribution in [2.75, 3.05) is 0 Å². The molecule has 0 aromatic heterocycles. The molecule has 0 bridgehead atoms. The molecule has 1 aliphatic carbocycles. The number of hydrogen-bond donors (Lipinski definition) is 1. The first-order valence-electron chi connectivity index (χ1n) is 3.17. The van der Waals surface area contributed by atoms with Crippen molar-refractivity contribution in [3.05, 3.63) is 11.0 Å². The van der Waals surface area contributed by atoms with Gasteiger partial charge in [-0.05, 0) is 30.1 Å². The molecule has 1 atom stereocenters. The van der Waals surface area contributed by atoms with Crippen molar-refractivity contribution in [1.29, 1.82) is 0 Å². The van der Waals surface area contributed by atoms with Gasteiger partial charge in [-0.2, -0.15) is 0 Å². The number of hydrogen-bond acceptors (Lipinski definition) is 1. The fourth-order valence-corrected chi connectivity index (χ4v) is 1.19. The Bertz CT molecular complexity index is 105. The van der Waals surface area contributed by atoms with E-state index in [1.54, 1.807) is 0 Å². The Hall–Kier alpha value is 0.0900. The zero-order valence-electron chi connectivity index (χ0n) is 5.22. The van der Waals surface area contributed by atoms with Gasteiger partial charge < -0.3 is 0 Å². The van der Waals surface area contributed by atoms with Gasteiger partial charge in [0.15, 0.2) is 0 Å². The van der Waals surface area contributed by atoms with Crippen molar-refractivity contribution in [2.24, 2.45) is 5.92 Å². The summed E-state index contributed by atoms with van der Waals surface area (Å²) >= 11 is 4.26. The van der Waals surface area contributed by atoms with Crippen LogP contribution in [0.15, 0.2) is 11.0 Å². The maximum atomic E-state index is 4.26. The predicted molar refractivity (Wildman–Crippen MR) is 40.1 cm³/mol. The van der Waals surface area contributed by atoms with E-state index in [9.17, 15) is 0 Å². The molecule has 1 aliphatic rings. The molecule has 46 valence electrons. The zero-order valence-corrected chi connectivity index (χ0v) is 6.12. The van der Waals surface area contributed by atoms with Crippen LogP contribution in [0.5, 0.6) is 0 Å². The van der Waals surface area contributed by atoms with Crippen molar-refractivity contribution in [3.63, 3.8) is 0 Å². The summed E-state index contributed by atoms with van der Waals surface area (Å²) in [7, 11) is 0. The predicted octanol–water partition coefficient (Wildman–Crippen LogP) is 2.62. The van der Waals surface area contributed by atoms with E-state index in [0.717, 1.165) is 5.92 Å². The highest BCUT2D eigenvalue weighted by Gasteiger charge is 2.05. The third kappa shape index (κ3) is 1.55. The Balaban J connectivity index is 2.42. The topological polar surface area (TPSA) is 0 Å². The van der Waals surface area contributed by atoms with E-state index >= 15 is 0 Å². The van der Waals surface area contributed by atoms with Crippen LogP contribution in [0.4, 0.5) is 0 Å². The molecule has 0 heterocycles. The van der Waals surface area contributed by atoms with Crippen LogP contribution in [-0.2, 0) is 0 Å². The van der Waals surface area contributed by atoms with E-state index in [-0.39, 0.29) is 0 Å². The van der Waals surface area contributed by atoms with Gasteiger partial charge in [-0.1, -0.05) is 13.0 Å². The van der Waals surface area contributed by atoms with Crippen LogP contribution in [0.2, 0.25) is 0 Å². The van der Waals surface area contributed by atoms with E-state index in [2.05, 4.69) is 25.6 Å². The van der Waals surface area contributed by atoms with Crippen LogP contribution < -0.4 is 0 Å². The number of rotatable bonds is 0. The average molecular weight is 128 g/mol. The summed E-state index contributed by atoms with van der Waals surface area (Å²) in [6.07, 6.45) is 6.00. The number of thiol groups is 1. The van der Waals surface area contributed by atoms with Crippen LogP contribution >= 0.6 is 12.6 Å². The fourth-order valence-electron chi connectivity index (χ4n) is 0.951. The minimum atomic E-state index is 0.894. The Labute approximate surface area is 56.4 Å². The van der Waals surface area contributed by atoms with E-state index in [4.69, 9.17) is 0 Å². The van der Waals surface area contributed by atoms with Gasteiger partial charge in [0.2, 0.25) is 0 Å². The van der Waals surface area contributed by atoms with Gasteiger partial charge in [0, 0.05) is 0 Å². The Morgan fingerprint density at radius 1 is 1.75 bits per heavy atom. The van der Waals surface area contributed by atoms with Gasteiger partial charge in [-0.25, -0.2) is 0 Å². The lowest BCUT2D eigenvalue weighted by atomic mass is 9.97. The Morgan fingerprint density at radius 2 is 2.50 bits per heavy atom. The first-order chi connectivity index (χ1) is 3.79. The molecule has 1 rings (SSSR count). The largest absolute Gasteiger partial charge is 0.148 e. The molecule has 0 nitrogen and oxygen atoms in total. The lowest BCUT2D eigenvalue weighted by Gasteiger charge is -2.13. The van der Waals surface area contributed by atoms with Gasteiger partial charge in [0.1, 0.15) is 0 Å². The number of allylic oxidation sites excluding steroid dienone is 2. The van der Waals surface area contributed by atoms with E-state index in [1.807, 2.05) is 0 Å². The summed E-state index contributed by atoms with van der Waals surface area (Å²) in [5, 5.41) is 0. The molecule has 0 N–H and O–H groups in total. The third-order valence-electron chi connectivity index (χ3n) is 1.65. The lowest BCUT2D eigenvalue weighted by molar-refractivity contribution is 0.524. The van der Waals surface area contributed by atoms with E-state index < -0.39 is 0 Å². The Morgan fingerprint density at radius 3 is 2.88 bits per heavy atom. The SMILES string of the molecule is C[C@H]1CC=C(S)CC1. The molecule has 0 amide bonds. The highest BCUT2D eigenvalue weighted by atomic mass is 32.1. The van der Waals surface area contributed by atoms with Crippen molar-refractivity contribution in [3.8, 4) is 0 Å². The molecule has 0 saturated heterocycles.